The van der Waals surface area contributed by atoms with Gasteiger partial charge in [0.25, 0.3) is 0 Å². The van der Waals surface area contributed by atoms with Gasteiger partial charge in [-0.05, 0) is 47.1 Å². The third-order valence-electron chi connectivity index (χ3n) is 6.87. The summed E-state index contributed by atoms with van der Waals surface area (Å²) in [6.45, 7) is 9.48. The average molecular weight is 322 g/mol. The third kappa shape index (κ3) is 2.91. The van der Waals surface area contributed by atoms with Crippen molar-refractivity contribution in [3.63, 3.8) is 0 Å². The van der Waals surface area contributed by atoms with Gasteiger partial charge in [0.15, 0.2) is 0 Å². The molecule has 0 bridgehead atoms. The van der Waals surface area contributed by atoms with Crippen molar-refractivity contribution in [3.8, 4) is 0 Å². The highest BCUT2D eigenvalue weighted by molar-refractivity contribution is 5.36. The maximum Gasteiger partial charge on any atom is 0.115 e. The molecule has 0 aliphatic heterocycles. The molecule has 1 heteroatoms. The van der Waals surface area contributed by atoms with Crippen LogP contribution >= 0.6 is 0 Å². The summed E-state index contributed by atoms with van der Waals surface area (Å²) in [4.78, 5) is 0. The summed E-state index contributed by atoms with van der Waals surface area (Å²) in [6, 6.07) is 20.4. The van der Waals surface area contributed by atoms with E-state index in [4.69, 9.17) is 0 Å². The van der Waals surface area contributed by atoms with Gasteiger partial charge in [0.2, 0.25) is 0 Å². The molecule has 4 atom stereocenters. The SMILES string of the molecule is CC1C(C)C(C)C(CC(O)(c2ccccc2)c2ccccc2)C1C. The highest BCUT2D eigenvalue weighted by Gasteiger charge is 2.46. The van der Waals surface area contributed by atoms with Gasteiger partial charge in [-0.3, -0.25) is 0 Å². The molecule has 0 amide bonds. The van der Waals surface area contributed by atoms with Gasteiger partial charge in [0.1, 0.15) is 5.60 Å². The Morgan fingerprint density at radius 1 is 0.667 bits per heavy atom. The second-order valence-corrected chi connectivity index (χ2v) is 7.90. The van der Waals surface area contributed by atoms with Gasteiger partial charge in [-0.15, -0.1) is 0 Å². The molecular formula is C23H30O. The predicted octanol–water partition coefficient (Wildman–Crippen LogP) is 5.49. The fourth-order valence-corrected chi connectivity index (χ4v) is 4.76. The molecule has 1 aliphatic rings. The minimum Gasteiger partial charge on any atom is -0.380 e. The second kappa shape index (κ2) is 6.72. The number of hydrogen-bond donors (Lipinski definition) is 1. The van der Waals surface area contributed by atoms with E-state index in [1.807, 2.05) is 36.4 Å². The van der Waals surface area contributed by atoms with Gasteiger partial charge in [-0.1, -0.05) is 88.4 Å². The molecule has 1 fully saturated rings. The minimum atomic E-state index is -0.917. The van der Waals surface area contributed by atoms with Crippen LogP contribution in [0.25, 0.3) is 0 Å². The lowest BCUT2D eigenvalue weighted by Crippen LogP contribution is -2.33. The van der Waals surface area contributed by atoms with Crippen molar-refractivity contribution in [2.45, 2.75) is 39.7 Å². The number of rotatable bonds is 4. The molecular weight excluding hydrogens is 292 g/mol. The Bertz CT molecular complexity index is 595. The van der Waals surface area contributed by atoms with Gasteiger partial charge in [0.05, 0.1) is 0 Å². The zero-order chi connectivity index (χ0) is 17.3. The van der Waals surface area contributed by atoms with Gasteiger partial charge in [-0.25, -0.2) is 0 Å². The van der Waals surface area contributed by atoms with E-state index in [2.05, 4.69) is 52.0 Å². The van der Waals surface area contributed by atoms with Crippen molar-refractivity contribution in [2.24, 2.45) is 29.6 Å². The van der Waals surface area contributed by atoms with Crippen molar-refractivity contribution in [1.82, 2.24) is 0 Å². The molecule has 24 heavy (non-hydrogen) atoms. The van der Waals surface area contributed by atoms with E-state index >= 15 is 0 Å². The zero-order valence-corrected chi connectivity index (χ0v) is 15.3. The van der Waals surface area contributed by atoms with E-state index in [1.165, 1.54) is 0 Å². The van der Waals surface area contributed by atoms with E-state index in [-0.39, 0.29) is 0 Å². The number of hydrogen-bond acceptors (Lipinski definition) is 1. The van der Waals surface area contributed by atoms with Crippen LogP contribution in [-0.4, -0.2) is 5.11 Å². The standard InChI is InChI=1S/C23H30O/c1-16-17(2)19(4)22(18(16)3)15-23(24,20-11-7-5-8-12-20)21-13-9-6-10-14-21/h5-14,16-19,22,24H,15H2,1-4H3. The predicted molar refractivity (Wildman–Crippen MR) is 101 cm³/mol. The largest absolute Gasteiger partial charge is 0.380 e. The summed E-state index contributed by atoms with van der Waals surface area (Å²) in [5.41, 5.74) is 1.09. The summed E-state index contributed by atoms with van der Waals surface area (Å²) >= 11 is 0. The number of benzene rings is 2. The van der Waals surface area contributed by atoms with Gasteiger partial charge < -0.3 is 5.11 Å². The van der Waals surface area contributed by atoms with E-state index in [9.17, 15) is 5.11 Å². The van der Waals surface area contributed by atoms with E-state index in [1.54, 1.807) is 0 Å². The van der Waals surface area contributed by atoms with Crippen LogP contribution in [-0.2, 0) is 5.60 Å². The lowest BCUT2D eigenvalue weighted by molar-refractivity contribution is 0.0366. The van der Waals surface area contributed by atoms with Crippen LogP contribution in [0.3, 0.4) is 0 Å². The molecule has 0 heterocycles. The van der Waals surface area contributed by atoms with Crippen molar-refractivity contribution < 1.29 is 5.11 Å². The van der Waals surface area contributed by atoms with Crippen molar-refractivity contribution in [1.29, 1.82) is 0 Å². The fourth-order valence-electron chi connectivity index (χ4n) is 4.76. The van der Waals surface area contributed by atoms with E-state index in [0.717, 1.165) is 17.5 Å². The summed E-state index contributed by atoms with van der Waals surface area (Å²) in [5.74, 6) is 3.21. The van der Waals surface area contributed by atoms with Gasteiger partial charge >= 0.3 is 0 Å². The van der Waals surface area contributed by atoms with Gasteiger partial charge in [0, 0.05) is 0 Å². The van der Waals surface area contributed by atoms with Gasteiger partial charge in [-0.2, -0.15) is 0 Å². The van der Waals surface area contributed by atoms with Crippen LogP contribution in [0.1, 0.15) is 45.2 Å². The molecule has 0 aromatic heterocycles. The Morgan fingerprint density at radius 3 is 1.42 bits per heavy atom. The Labute approximate surface area is 146 Å². The Hall–Kier alpha value is -1.60. The summed E-state index contributed by atoms with van der Waals surface area (Å²) < 4.78 is 0. The maximum atomic E-state index is 11.8. The first-order valence-electron chi connectivity index (χ1n) is 9.28. The Morgan fingerprint density at radius 2 is 1.04 bits per heavy atom. The smallest absolute Gasteiger partial charge is 0.115 e. The lowest BCUT2D eigenvalue weighted by Gasteiger charge is -2.35. The normalized spacial score (nSPS) is 30.5. The monoisotopic (exact) mass is 322 g/mol. The Balaban J connectivity index is 2.01. The quantitative estimate of drug-likeness (QED) is 0.789. The molecule has 2 aromatic rings. The van der Waals surface area contributed by atoms with E-state index in [0.29, 0.717) is 29.6 Å². The highest BCUT2D eigenvalue weighted by Crippen LogP contribution is 2.50. The minimum absolute atomic E-state index is 0.528. The van der Waals surface area contributed by atoms with Crippen molar-refractivity contribution in [2.75, 3.05) is 0 Å². The first kappa shape index (κ1) is 17.2. The van der Waals surface area contributed by atoms with Crippen LogP contribution in [0.4, 0.5) is 0 Å². The summed E-state index contributed by atoms with van der Waals surface area (Å²) in [5, 5.41) is 11.8. The summed E-state index contributed by atoms with van der Waals surface area (Å²) in [6.07, 6.45) is 0.790. The third-order valence-corrected chi connectivity index (χ3v) is 6.87. The Kier molecular flexibility index (Phi) is 4.83. The highest BCUT2D eigenvalue weighted by atomic mass is 16.3. The van der Waals surface area contributed by atoms with E-state index < -0.39 is 5.60 Å². The van der Waals surface area contributed by atoms with Crippen LogP contribution < -0.4 is 0 Å². The molecule has 4 unspecified atom stereocenters. The van der Waals surface area contributed by atoms with Crippen LogP contribution in [0.5, 0.6) is 0 Å². The number of aliphatic hydroxyl groups is 1. The van der Waals surface area contributed by atoms with Crippen LogP contribution in [0.15, 0.2) is 60.7 Å². The fraction of sp³-hybridized carbons (Fsp3) is 0.478. The molecule has 1 N–H and O–H groups in total. The topological polar surface area (TPSA) is 20.2 Å². The lowest BCUT2D eigenvalue weighted by atomic mass is 9.74. The van der Waals surface area contributed by atoms with Crippen LogP contribution in [0.2, 0.25) is 0 Å². The first-order valence-corrected chi connectivity index (χ1v) is 9.28. The zero-order valence-electron chi connectivity index (χ0n) is 15.3. The molecule has 0 radical (unpaired) electrons. The average Bonchev–Trinajstić information content (AvgIpc) is 2.81. The molecule has 1 saturated carbocycles. The molecule has 128 valence electrons. The van der Waals surface area contributed by atoms with Crippen molar-refractivity contribution in [3.05, 3.63) is 71.8 Å². The first-order chi connectivity index (χ1) is 11.4. The summed E-state index contributed by atoms with van der Waals surface area (Å²) in [7, 11) is 0. The molecule has 1 aliphatic carbocycles. The molecule has 0 saturated heterocycles. The van der Waals surface area contributed by atoms with Crippen molar-refractivity contribution >= 4 is 0 Å². The van der Waals surface area contributed by atoms with Crippen LogP contribution in [0, 0.1) is 29.6 Å². The second-order valence-electron chi connectivity index (χ2n) is 7.90. The molecule has 1 nitrogen and oxygen atoms in total. The molecule has 2 aromatic carbocycles. The molecule has 3 rings (SSSR count). The molecule has 0 spiro atoms. The maximum absolute atomic E-state index is 11.8.